The molecule has 2 aromatic rings. The van der Waals surface area contributed by atoms with Crippen LogP contribution in [0.15, 0.2) is 161 Å². The summed E-state index contributed by atoms with van der Waals surface area (Å²) in [7, 11) is 0. The molecular formula is C48H52. The van der Waals surface area contributed by atoms with E-state index in [1.807, 2.05) is 0 Å². The van der Waals surface area contributed by atoms with E-state index in [-0.39, 0.29) is 37.9 Å². The summed E-state index contributed by atoms with van der Waals surface area (Å²) in [6, 6.07) is 22.2. The maximum Gasteiger partial charge on any atom is 0.0170 e. The first-order valence-electron chi connectivity index (χ1n) is 18.1. The molecule has 48 heavy (non-hydrogen) atoms. The number of allylic oxidation sites excluding steroid dienone is 17. The molecule has 0 amide bonds. The van der Waals surface area contributed by atoms with Crippen LogP contribution in [0.2, 0.25) is 0 Å². The van der Waals surface area contributed by atoms with Crippen molar-refractivity contribution in [2.45, 2.75) is 75.2 Å². The van der Waals surface area contributed by atoms with Gasteiger partial charge in [0.1, 0.15) is 0 Å². The molecule has 244 valence electrons. The Kier molecular flexibility index (Phi) is 6.43. The molecule has 7 unspecified atom stereocenters. The molecule has 0 N–H and O–H groups in total. The van der Waals surface area contributed by atoms with Crippen LogP contribution in [-0.2, 0) is 0 Å². The van der Waals surface area contributed by atoms with Gasteiger partial charge in [0, 0.05) is 27.1 Å². The molecule has 7 atom stereocenters. The van der Waals surface area contributed by atoms with E-state index in [2.05, 4.69) is 190 Å². The zero-order valence-corrected chi connectivity index (χ0v) is 30.5. The molecule has 0 spiro atoms. The van der Waals surface area contributed by atoms with Gasteiger partial charge in [-0.1, -0.05) is 193 Å². The third-order valence-corrected chi connectivity index (χ3v) is 16.1. The van der Waals surface area contributed by atoms with Crippen LogP contribution in [0.25, 0.3) is 5.57 Å². The third kappa shape index (κ3) is 3.29. The smallest absolute Gasteiger partial charge is 0.0170 e. The van der Waals surface area contributed by atoms with Crippen molar-refractivity contribution in [3.63, 3.8) is 0 Å². The van der Waals surface area contributed by atoms with Gasteiger partial charge < -0.3 is 0 Å². The van der Waals surface area contributed by atoms with Gasteiger partial charge in [-0.15, -0.1) is 0 Å². The summed E-state index contributed by atoms with van der Waals surface area (Å²) >= 11 is 0. The largest absolute Gasteiger partial charge is 0.0772 e. The highest BCUT2D eigenvalue weighted by atomic mass is 14.9. The molecule has 0 aromatic heterocycles. The molecule has 0 radical (unpaired) electrons. The minimum atomic E-state index is -0.165. The summed E-state index contributed by atoms with van der Waals surface area (Å²) in [5.41, 5.74) is 12.0. The molecule has 6 aliphatic carbocycles. The van der Waals surface area contributed by atoms with Crippen LogP contribution in [0.1, 0.15) is 86.3 Å². The van der Waals surface area contributed by atoms with Gasteiger partial charge in [0.15, 0.2) is 0 Å². The molecule has 6 aliphatic rings. The summed E-state index contributed by atoms with van der Waals surface area (Å²) in [4.78, 5) is 0. The van der Waals surface area contributed by atoms with E-state index >= 15 is 0 Å². The Morgan fingerprint density at radius 2 is 1.08 bits per heavy atom. The van der Waals surface area contributed by atoms with E-state index < -0.39 is 0 Å². The van der Waals surface area contributed by atoms with Crippen molar-refractivity contribution in [2.75, 3.05) is 0 Å². The van der Waals surface area contributed by atoms with E-state index in [4.69, 9.17) is 0 Å². The fraction of sp³-hybridized carbons (Fsp3) is 0.375. The molecule has 0 aliphatic heterocycles. The van der Waals surface area contributed by atoms with Crippen molar-refractivity contribution >= 4 is 5.57 Å². The summed E-state index contributed by atoms with van der Waals surface area (Å²) in [6.45, 7) is 23.2. The maximum atomic E-state index is 2.70. The number of fused-ring (bicyclic) bond motifs is 8. The molecule has 2 saturated carbocycles. The Morgan fingerprint density at radius 3 is 1.60 bits per heavy atom. The Morgan fingerprint density at radius 1 is 0.583 bits per heavy atom. The van der Waals surface area contributed by atoms with Crippen LogP contribution in [-0.4, -0.2) is 0 Å². The van der Waals surface area contributed by atoms with Crippen LogP contribution < -0.4 is 0 Å². The molecule has 0 bridgehead atoms. The zero-order chi connectivity index (χ0) is 34.0. The van der Waals surface area contributed by atoms with Crippen LogP contribution in [0.4, 0.5) is 0 Å². The van der Waals surface area contributed by atoms with Crippen molar-refractivity contribution in [3.8, 4) is 0 Å². The van der Waals surface area contributed by atoms with E-state index in [9.17, 15) is 0 Å². The van der Waals surface area contributed by atoms with Crippen LogP contribution in [0.3, 0.4) is 0 Å². The van der Waals surface area contributed by atoms with Gasteiger partial charge in [-0.25, -0.2) is 0 Å². The average molecular weight is 629 g/mol. The number of benzene rings is 2. The lowest BCUT2D eigenvalue weighted by Crippen LogP contribution is -2.74. The van der Waals surface area contributed by atoms with E-state index in [0.717, 1.165) is 12.8 Å². The van der Waals surface area contributed by atoms with Crippen LogP contribution in [0.5, 0.6) is 0 Å². The number of hydrogen-bond donors (Lipinski definition) is 0. The third-order valence-electron chi connectivity index (χ3n) is 16.1. The van der Waals surface area contributed by atoms with E-state index in [1.165, 1.54) is 44.6 Å². The van der Waals surface area contributed by atoms with Gasteiger partial charge in [-0.2, -0.15) is 0 Å². The summed E-state index contributed by atoms with van der Waals surface area (Å²) < 4.78 is 0. The summed E-state index contributed by atoms with van der Waals surface area (Å²) in [5.74, 6) is 0. The Hall–Kier alpha value is -3.90. The first-order valence-corrected chi connectivity index (χ1v) is 18.1. The lowest BCUT2D eigenvalue weighted by molar-refractivity contribution is -0.261. The molecule has 2 aromatic carbocycles. The van der Waals surface area contributed by atoms with E-state index in [0.29, 0.717) is 0 Å². The number of hydrogen-bond acceptors (Lipinski definition) is 0. The zero-order valence-electron chi connectivity index (χ0n) is 30.5. The minimum absolute atomic E-state index is 0.0416. The van der Waals surface area contributed by atoms with Gasteiger partial charge >= 0.3 is 0 Å². The standard InChI is InChI=1S/C48H52/c1-33-24-25-37(30-33)40-34(2)47(8)38(31-39(40)41(35-20-12-10-13-21-35)36-22-14-11-15-23-36)32-46(7)44(5)28-17-16-26-42(44,3)43(4)27-18-19-29-45(43,6)48(46,47)9/h10-24,26-31H,25,32H2,1-9H3. The molecule has 0 heteroatoms. The second kappa shape index (κ2) is 9.84. The Labute approximate surface area is 289 Å². The predicted molar refractivity (Wildman–Crippen MR) is 204 cm³/mol. The lowest BCUT2D eigenvalue weighted by atomic mass is 9.24. The van der Waals surface area contributed by atoms with Gasteiger partial charge in [0.05, 0.1) is 0 Å². The van der Waals surface area contributed by atoms with Crippen molar-refractivity contribution in [2.24, 2.45) is 37.9 Å². The highest BCUT2D eigenvalue weighted by molar-refractivity contribution is 5.89. The SMILES string of the molecule is CC1=CCC(C2=C(C)C3(C)C(=CC2=C(c2ccccc2)c2ccccc2)CC2(C)C4(C)C=CC=CC4(C)C4(C)C=CC=CC4(C)C32C)=C1. The lowest BCUT2D eigenvalue weighted by Gasteiger charge is -2.79. The fourth-order valence-corrected chi connectivity index (χ4v) is 12.6. The van der Waals surface area contributed by atoms with Crippen LogP contribution >= 0.6 is 0 Å². The highest BCUT2D eigenvalue weighted by Crippen LogP contribution is 2.90. The summed E-state index contributed by atoms with van der Waals surface area (Å²) in [5, 5.41) is 0. The van der Waals surface area contributed by atoms with Crippen molar-refractivity contribution in [1.29, 1.82) is 0 Å². The predicted octanol–water partition coefficient (Wildman–Crippen LogP) is 12.7. The number of rotatable bonds is 3. The quantitative estimate of drug-likeness (QED) is 0.317. The van der Waals surface area contributed by atoms with Gasteiger partial charge in [0.25, 0.3) is 0 Å². The molecule has 8 rings (SSSR count). The molecule has 0 saturated heterocycles. The molecular weight excluding hydrogens is 577 g/mol. The second-order valence-corrected chi connectivity index (χ2v) is 17.0. The average Bonchev–Trinajstić information content (AvgIpc) is 3.59. The van der Waals surface area contributed by atoms with E-state index in [1.54, 1.807) is 5.57 Å². The minimum Gasteiger partial charge on any atom is -0.0772 e. The molecule has 0 heterocycles. The first-order chi connectivity index (χ1) is 22.7. The Bertz CT molecular complexity index is 1980. The van der Waals surface area contributed by atoms with Gasteiger partial charge in [-0.05, 0) is 70.9 Å². The van der Waals surface area contributed by atoms with Crippen molar-refractivity contribution in [1.82, 2.24) is 0 Å². The van der Waals surface area contributed by atoms with Gasteiger partial charge in [-0.3, -0.25) is 0 Å². The maximum absolute atomic E-state index is 2.70. The fourth-order valence-electron chi connectivity index (χ4n) is 12.6. The summed E-state index contributed by atoms with van der Waals surface area (Å²) in [6.07, 6.45) is 29.3. The van der Waals surface area contributed by atoms with Crippen LogP contribution in [0, 0.1) is 37.9 Å². The van der Waals surface area contributed by atoms with Crippen molar-refractivity contribution in [3.05, 3.63) is 172 Å². The topological polar surface area (TPSA) is 0 Å². The monoisotopic (exact) mass is 628 g/mol. The molecule has 2 fully saturated rings. The molecule has 0 nitrogen and oxygen atoms in total. The second-order valence-electron chi connectivity index (χ2n) is 17.0. The van der Waals surface area contributed by atoms with Gasteiger partial charge in [0.2, 0.25) is 0 Å². The first kappa shape index (κ1) is 31.4. The van der Waals surface area contributed by atoms with Crippen molar-refractivity contribution < 1.29 is 0 Å². The Balaban J connectivity index is 1.51. The normalized spacial score (nSPS) is 40.5. The highest BCUT2D eigenvalue weighted by Gasteiger charge is 2.84.